The van der Waals surface area contributed by atoms with Crippen molar-refractivity contribution in [1.29, 1.82) is 0 Å². The van der Waals surface area contributed by atoms with Gasteiger partial charge in [-0.25, -0.2) is 9.48 Å². The Balaban J connectivity index is 1.60. The minimum atomic E-state index is -1.10. The van der Waals surface area contributed by atoms with E-state index < -0.39 is 18.0 Å². The van der Waals surface area contributed by atoms with E-state index in [0.717, 1.165) is 10.9 Å². The fourth-order valence-electron chi connectivity index (χ4n) is 3.76. The largest absolute Gasteiger partial charge is 0.477 e. The molecule has 1 amide bonds. The number of carbonyl (C=O) groups is 2. The van der Waals surface area contributed by atoms with Crippen molar-refractivity contribution >= 4 is 35.4 Å². The van der Waals surface area contributed by atoms with E-state index in [1.807, 2.05) is 6.92 Å². The molecule has 1 unspecified atom stereocenters. The molecule has 4 rings (SSSR count). The van der Waals surface area contributed by atoms with Crippen molar-refractivity contribution < 1.29 is 19.8 Å². The van der Waals surface area contributed by atoms with Crippen molar-refractivity contribution in [3.63, 3.8) is 0 Å². The van der Waals surface area contributed by atoms with Crippen LogP contribution in [0.3, 0.4) is 0 Å². The summed E-state index contributed by atoms with van der Waals surface area (Å²) in [7, 11) is 0. The molecule has 134 valence electrons. The zero-order valence-electron chi connectivity index (χ0n) is 13.6. The SMILES string of the molecule is C[C@@H](O)[C@H]1C(=O)N2C(C(=O)O)=C(SC3CSc4nnnn4C3)[C@H](C)[C@H]12. The van der Waals surface area contributed by atoms with Gasteiger partial charge in [0.1, 0.15) is 5.70 Å². The minimum Gasteiger partial charge on any atom is -0.477 e. The van der Waals surface area contributed by atoms with Crippen molar-refractivity contribution in [2.45, 2.75) is 42.9 Å². The molecular formula is C14H17N5O4S2. The lowest BCUT2D eigenvalue weighted by Gasteiger charge is -2.46. The molecule has 4 heterocycles. The van der Waals surface area contributed by atoms with Gasteiger partial charge in [-0.05, 0) is 17.4 Å². The number of carbonyl (C=O) groups excluding carboxylic acids is 1. The molecular weight excluding hydrogens is 366 g/mol. The summed E-state index contributed by atoms with van der Waals surface area (Å²) in [5.74, 6) is -1.28. The predicted octanol–water partition coefficient (Wildman–Crippen LogP) is 0.0343. The van der Waals surface area contributed by atoms with Gasteiger partial charge in [-0.2, -0.15) is 0 Å². The first-order valence-electron chi connectivity index (χ1n) is 7.94. The van der Waals surface area contributed by atoms with Gasteiger partial charge in [0.15, 0.2) is 0 Å². The van der Waals surface area contributed by atoms with Gasteiger partial charge in [0.2, 0.25) is 11.1 Å². The molecule has 3 aliphatic rings. The van der Waals surface area contributed by atoms with Crippen molar-refractivity contribution in [3.05, 3.63) is 10.6 Å². The Morgan fingerprint density at radius 1 is 1.48 bits per heavy atom. The summed E-state index contributed by atoms with van der Waals surface area (Å²) in [5, 5.41) is 31.9. The molecule has 1 aromatic heterocycles. The highest BCUT2D eigenvalue weighted by molar-refractivity contribution is 8.05. The molecule has 0 bridgehead atoms. The Labute approximate surface area is 151 Å². The van der Waals surface area contributed by atoms with Crippen LogP contribution in [0.4, 0.5) is 0 Å². The van der Waals surface area contributed by atoms with Crippen LogP contribution in [0.25, 0.3) is 0 Å². The lowest BCUT2D eigenvalue weighted by atomic mass is 9.79. The Morgan fingerprint density at radius 2 is 2.24 bits per heavy atom. The molecule has 25 heavy (non-hydrogen) atoms. The third-order valence-corrected chi connectivity index (χ3v) is 7.68. The Bertz CT molecular complexity index is 779. The third-order valence-electron chi connectivity index (χ3n) is 4.88. The van der Waals surface area contributed by atoms with Gasteiger partial charge in [0.05, 0.1) is 24.6 Å². The molecule has 1 saturated heterocycles. The van der Waals surface area contributed by atoms with Crippen LogP contribution in [-0.2, 0) is 16.1 Å². The normalized spacial score (nSPS) is 32.3. The second-order valence-corrected chi connectivity index (χ2v) is 8.80. The first-order chi connectivity index (χ1) is 11.9. The molecule has 1 fully saturated rings. The monoisotopic (exact) mass is 383 g/mol. The standard InChI is InChI=1S/C14H17N5O4S2/c1-5-9-8(6(2)20)12(21)19(9)10(13(22)23)11(5)25-7-3-18-14(24-4-7)15-16-17-18/h5-9,20H,3-4H2,1-2H3,(H,22,23)/t5-,6-,7?,8-,9-/m1/s1. The summed E-state index contributed by atoms with van der Waals surface area (Å²) in [4.78, 5) is 26.2. The first-order valence-corrected chi connectivity index (χ1v) is 9.81. The zero-order chi connectivity index (χ0) is 17.9. The van der Waals surface area contributed by atoms with Crippen LogP contribution in [0.1, 0.15) is 13.8 Å². The number of fused-ring (bicyclic) bond motifs is 2. The number of aromatic nitrogens is 4. The summed E-state index contributed by atoms with van der Waals surface area (Å²) >= 11 is 3.03. The Morgan fingerprint density at radius 3 is 2.92 bits per heavy atom. The van der Waals surface area contributed by atoms with E-state index >= 15 is 0 Å². The third kappa shape index (κ3) is 2.48. The number of aliphatic hydroxyl groups is 1. The molecule has 1 aromatic rings. The van der Waals surface area contributed by atoms with Gasteiger partial charge in [0, 0.05) is 21.8 Å². The molecule has 3 aliphatic heterocycles. The summed E-state index contributed by atoms with van der Waals surface area (Å²) < 4.78 is 1.71. The van der Waals surface area contributed by atoms with Crippen LogP contribution >= 0.6 is 23.5 Å². The molecule has 11 heteroatoms. The number of rotatable bonds is 4. The van der Waals surface area contributed by atoms with Gasteiger partial charge >= 0.3 is 5.97 Å². The topological polar surface area (TPSA) is 121 Å². The summed E-state index contributed by atoms with van der Waals surface area (Å²) in [5.41, 5.74) is 0.0666. The van der Waals surface area contributed by atoms with E-state index in [9.17, 15) is 19.8 Å². The molecule has 0 aliphatic carbocycles. The summed E-state index contributed by atoms with van der Waals surface area (Å²) in [6.07, 6.45) is -0.787. The zero-order valence-corrected chi connectivity index (χ0v) is 15.2. The fraction of sp³-hybridized carbons (Fsp3) is 0.643. The number of aliphatic carboxylic acids is 1. The highest BCUT2D eigenvalue weighted by Gasteiger charge is 2.60. The number of aliphatic hydroxyl groups excluding tert-OH is 1. The van der Waals surface area contributed by atoms with Crippen molar-refractivity contribution in [1.82, 2.24) is 25.1 Å². The lowest BCUT2D eigenvalue weighted by Crippen LogP contribution is -2.63. The molecule has 2 N–H and O–H groups in total. The van der Waals surface area contributed by atoms with Gasteiger partial charge < -0.3 is 15.1 Å². The van der Waals surface area contributed by atoms with Gasteiger partial charge in [-0.3, -0.25) is 4.79 Å². The van der Waals surface area contributed by atoms with Crippen LogP contribution in [-0.4, -0.2) is 70.3 Å². The summed E-state index contributed by atoms with van der Waals surface area (Å²) in [6, 6.07) is -0.277. The molecule has 0 aromatic carbocycles. The van der Waals surface area contributed by atoms with E-state index in [0.29, 0.717) is 11.4 Å². The van der Waals surface area contributed by atoms with E-state index in [-0.39, 0.29) is 28.8 Å². The summed E-state index contributed by atoms with van der Waals surface area (Å²) in [6.45, 7) is 4.10. The van der Waals surface area contributed by atoms with Crippen molar-refractivity contribution in [3.8, 4) is 0 Å². The number of β-lactam (4-membered cyclic amide) rings is 1. The highest BCUT2D eigenvalue weighted by Crippen LogP contribution is 2.51. The molecule has 0 saturated carbocycles. The van der Waals surface area contributed by atoms with Crippen LogP contribution < -0.4 is 0 Å². The van der Waals surface area contributed by atoms with Gasteiger partial charge in [0.25, 0.3) is 0 Å². The maximum Gasteiger partial charge on any atom is 0.353 e. The average molecular weight is 383 g/mol. The Kier molecular flexibility index (Phi) is 4.04. The molecule has 0 radical (unpaired) electrons. The quantitative estimate of drug-likeness (QED) is 0.694. The van der Waals surface area contributed by atoms with Gasteiger partial charge in [-0.1, -0.05) is 18.7 Å². The number of amides is 1. The molecule has 0 spiro atoms. The maximum absolute atomic E-state index is 12.3. The van der Waals surface area contributed by atoms with Gasteiger partial charge in [-0.15, -0.1) is 16.9 Å². The van der Waals surface area contributed by atoms with E-state index in [1.54, 1.807) is 11.6 Å². The lowest BCUT2D eigenvalue weighted by molar-refractivity contribution is -0.163. The number of hydrogen-bond donors (Lipinski definition) is 2. The van der Waals surface area contributed by atoms with E-state index in [4.69, 9.17) is 0 Å². The Hall–Kier alpha value is -1.59. The number of carboxylic acids is 1. The van der Waals surface area contributed by atoms with E-state index in [1.165, 1.54) is 28.4 Å². The van der Waals surface area contributed by atoms with Crippen molar-refractivity contribution in [2.75, 3.05) is 5.75 Å². The van der Waals surface area contributed by atoms with Crippen LogP contribution in [0.15, 0.2) is 15.8 Å². The minimum absolute atomic E-state index is 0.0666. The molecule has 5 atom stereocenters. The maximum atomic E-state index is 12.3. The van der Waals surface area contributed by atoms with Crippen LogP contribution in [0, 0.1) is 11.8 Å². The number of thioether (sulfide) groups is 2. The van der Waals surface area contributed by atoms with Crippen LogP contribution in [0.2, 0.25) is 0 Å². The second-order valence-electron chi connectivity index (χ2n) is 6.47. The number of hydrogen-bond acceptors (Lipinski definition) is 8. The highest BCUT2D eigenvalue weighted by atomic mass is 32.2. The van der Waals surface area contributed by atoms with E-state index in [2.05, 4.69) is 15.5 Å². The second kappa shape index (κ2) is 5.99. The predicted molar refractivity (Wildman–Crippen MR) is 89.6 cm³/mol. The smallest absolute Gasteiger partial charge is 0.353 e. The average Bonchev–Trinajstić information content (AvgIpc) is 3.09. The number of tetrazole rings is 1. The number of carboxylic acid groups (broad SMARTS) is 1. The number of nitrogens with zero attached hydrogens (tertiary/aromatic N) is 5. The van der Waals surface area contributed by atoms with Crippen molar-refractivity contribution in [2.24, 2.45) is 11.8 Å². The molecule has 9 nitrogen and oxygen atoms in total. The fourth-order valence-corrected chi connectivity index (χ4v) is 6.25. The first kappa shape index (κ1) is 16.9. The van der Waals surface area contributed by atoms with Crippen LogP contribution in [0.5, 0.6) is 0 Å².